The van der Waals surface area contributed by atoms with E-state index < -0.39 is 30.4 Å². The summed E-state index contributed by atoms with van der Waals surface area (Å²) in [5, 5.41) is 0. The molecule has 0 saturated heterocycles. The number of ether oxygens (including phenoxy) is 1. The number of aromatic nitrogens is 1. The Labute approximate surface area is 169 Å². The molecule has 0 N–H and O–H groups in total. The normalized spacial score (nSPS) is 14.3. The number of esters is 1. The van der Waals surface area contributed by atoms with Gasteiger partial charge in [-0.15, -0.1) is 0 Å². The number of aryl methyl sites for hydroxylation is 1. The fraction of sp³-hybridized carbons (Fsp3) is 0.364. The van der Waals surface area contributed by atoms with Gasteiger partial charge in [-0.1, -0.05) is 12.1 Å². The van der Waals surface area contributed by atoms with E-state index in [2.05, 4.69) is 0 Å². The molecule has 0 radical (unpaired) electrons. The molecule has 7 heteroatoms. The van der Waals surface area contributed by atoms with E-state index in [0.717, 1.165) is 16.3 Å². The first-order chi connectivity index (χ1) is 13.6. The van der Waals surface area contributed by atoms with Crippen LogP contribution >= 0.6 is 0 Å². The molecule has 1 atom stereocenters. The highest BCUT2D eigenvalue weighted by Crippen LogP contribution is 2.25. The molecule has 0 fully saturated rings. The molecule has 1 aliphatic rings. The minimum absolute atomic E-state index is 0.202. The van der Waals surface area contributed by atoms with Gasteiger partial charge in [0.1, 0.15) is 6.04 Å². The maximum absolute atomic E-state index is 12.6. The number of fused-ring (bicyclic) bond motifs is 1. The van der Waals surface area contributed by atoms with Crippen molar-refractivity contribution < 1.29 is 23.9 Å². The summed E-state index contributed by atoms with van der Waals surface area (Å²) in [5.41, 5.74) is 2.78. The van der Waals surface area contributed by atoms with Crippen LogP contribution in [-0.4, -0.2) is 45.7 Å². The molecular weight excluding hydrogens is 372 g/mol. The van der Waals surface area contributed by atoms with Crippen LogP contribution in [0.25, 0.3) is 0 Å². The number of hydrogen-bond donors (Lipinski definition) is 0. The molecule has 7 nitrogen and oxygen atoms in total. The quantitative estimate of drug-likeness (QED) is 0.425. The lowest BCUT2D eigenvalue weighted by atomic mass is 10.1. The molecule has 0 bridgehead atoms. The van der Waals surface area contributed by atoms with Crippen LogP contribution < -0.4 is 0 Å². The van der Waals surface area contributed by atoms with Crippen LogP contribution in [0.5, 0.6) is 0 Å². The van der Waals surface area contributed by atoms with Gasteiger partial charge in [-0.2, -0.15) is 0 Å². The van der Waals surface area contributed by atoms with Gasteiger partial charge in [0.15, 0.2) is 6.61 Å². The third-order valence-corrected chi connectivity index (χ3v) is 5.20. The van der Waals surface area contributed by atoms with Crippen molar-refractivity contribution in [3.05, 3.63) is 58.4 Å². The predicted molar refractivity (Wildman–Crippen MR) is 106 cm³/mol. The summed E-state index contributed by atoms with van der Waals surface area (Å²) in [6, 6.07) is 7.25. The van der Waals surface area contributed by atoms with E-state index in [1.807, 2.05) is 32.3 Å². The van der Waals surface area contributed by atoms with Crippen LogP contribution in [0, 0.1) is 13.8 Å². The Kier molecular flexibility index (Phi) is 5.42. The molecule has 0 spiro atoms. The first-order valence-electron chi connectivity index (χ1n) is 9.50. The maximum atomic E-state index is 12.6. The highest BCUT2D eigenvalue weighted by molar-refractivity contribution is 6.22. The van der Waals surface area contributed by atoms with Gasteiger partial charge in [-0.3, -0.25) is 19.3 Å². The Bertz CT molecular complexity index is 983. The monoisotopic (exact) mass is 396 g/mol. The number of carbonyl (C=O) groups excluding carboxylic acids is 4. The second kappa shape index (κ2) is 7.66. The Hall–Kier alpha value is -3.22. The molecule has 1 aliphatic heterocycles. The molecule has 0 unspecified atom stereocenters. The van der Waals surface area contributed by atoms with Crippen molar-refractivity contribution in [2.45, 2.75) is 46.7 Å². The zero-order valence-corrected chi connectivity index (χ0v) is 17.2. The van der Waals surface area contributed by atoms with Crippen molar-refractivity contribution in [2.75, 3.05) is 6.61 Å². The summed E-state index contributed by atoms with van der Waals surface area (Å²) in [4.78, 5) is 50.9. The number of Topliss-reactive ketones (excluding diaryl/α,β-unsaturated/α-hetero) is 1. The van der Waals surface area contributed by atoms with E-state index in [1.54, 1.807) is 30.3 Å². The molecular formula is C22H24N2O5. The average molecular weight is 396 g/mol. The molecule has 0 saturated carbocycles. The van der Waals surface area contributed by atoms with E-state index >= 15 is 0 Å². The van der Waals surface area contributed by atoms with Crippen LogP contribution in [0.2, 0.25) is 0 Å². The second-order valence-corrected chi connectivity index (χ2v) is 7.48. The number of ketones is 1. The zero-order valence-electron chi connectivity index (χ0n) is 17.2. The van der Waals surface area contributed by atoms with Crippen LogP contribution in [0.15, 0.2) is 30.3 Å². The molecule has 2 heterocycles. The summed E-state index contributed by atoms with van der Waals surface area (Å²) >= 11 is 0. The van der Waals surface area contributed by atoms with Gasteiger partial charge in [0.05, 0.1) is 11.1 Å². The average Bonchev–Trinajstić information content (AvgIpc) is 3.12. The molecule has 152 valence electrons. The van der Waals surface area contributed by atoms with Gasteiger partial charge in [0, 0.05) is 23.0 Å². The lowest BCUT2D eigenvalue weighted by Gasteiger charge is -2.20. The Morgan fingerprint density at radius 1 is 1.00 bits per heavy atom. The van der Waals surface area contributed by atoms with Crippen molar-refractivity contribution in [3.8, 4) is 0 Å². The number of imide groups is 1. The van der Waals surface area contributed by atoms with Gasteiger partial charge in [-0.05, 0) is 52.8 Å². The SMILES string of the molecule is Cc1cc(C(=O)COC(=O)[C@@H](C)N2C(=O)c3ccccc3C2=O)c(C)n1C(C)C. The predicted octanol–water partition coefficient (Wildman–Crippen LogP) is 3.10. The van der Waals surface area contributed by atoms with Crippen molar-refractivity contribution in [3.63, 3.8) is 0 Å². The van der Waals surface area contributed by atoms with Crippen molar-refractivity contribution in [1.82, 2.24) is 9.47 Å². The van der Waals surface area contributed by atoms with E-state index in [0.29, 0.717) is 5.56 Å². The zero-order chi connectivity index (χ0) is 21.5. The number of carbonyl (C=O) groups is 4. The molecule has 2 aromatic rings. The number of hydrogen-bond acceptors (Lipinski definition) is 5. The minimum Gasteiger partial charge on any atom is -0.456 e. The first kappa shape index (κ1) is 20.5. The third-order valence-electron chi connectivity index (χ3n) is 5.20. The summed E-state index contributed by atoms with van der Waals surface area (Å²) in [6.45, 7) is 8.79. The van der Waals surface area contributed by atoms with Crippen LogP contribution in [-0.2, 0) is 9.53 Å². The van der Waals surface area contributed by atoms with Crippen LogP contribution in [0.1, 0.15) is 69.3 Å². The molecule has 29 heavy (non-hydrogen) atoms. The van der Waals surface area contributed by atoms with E-state index in [4.69, 9.17) is 4.74 Å². The number of amides is 2. The lowest BCUT2D eigenvalue weighted by molar-refractivity contribution is -0.146. The summed E-state index contributed by atoms with van der Waals surface area (Å²) in [5.74, 6) is -2.21. The Balaban J connectivity index is 1.69. The minimum atomic E-state index is -1.13. The van der Waals surface area contributed by atoms with E-state index in [9.17, 15) is 19.2 Å². The largest absolute Gasteiger partial charge is 0.456 e. The highest BCUT2D eigenvalue weighted by Gasteiger charge is 2.41. The highest BCUT2D eigenvalue weighted by atomic mass is 16.5. The molecule has 1 aromatic heterocycles. The van der Waals surface area contributed by atoms with E-state index in [1.165, 1.54) is 6.92 Å². The van der Waals surface area contributed by atoms with Crippen molar-refractivity contribution in [1.29, 1.82) is 0 Å². The maximum Gasteiger partial charge on any atom is 0.329 e. The smallest absolute Gasteiger partial charge is 0.329 e. The van der Waals surface area contributed by atoms with Gasteiger partial charge in [0.25, 0.3) is 11.8 Å². The van der Waals surface area contributed by atoms with E-state index in [-0.39, 0.29) is 23.0 Å². The number of benzene rings is 1. The number of rotatable bonds is 6. The summed E-state index contributed by atoms with van der Waals surface area (Å²) in [6.07, 6.45) is 0. The fourth-order valence-corrected chi connectivity index (χ4v) is 3.85. The van der Waals surface area contributed by atoms with Crippen LogP contribution in [0.4, 0.5) is 0 Å². The second-order valence-electron chi connectivity index (χ2n) is 7.48. The van der Waals surface area contributed by atoms with Gasteiger partial charge < -0.3 is 9.30 Å². The molecule has 3 rings (SSSR count). The Morgan fingerprint density at radius 3 is 2.03 bits per heavy atom. The standard InChI is InChI=1S/C22H24N2O5/c1-12(2)23-13(3)10-18(14(23)4)19(25)11-29-22(28)15(5)24-20(26)16-8-6-7-9-17(16)21(24)27/h6-10,12,15H,11H2,1-5H3/t15-/m1/s1. The summed E-state index contributed by atoms with van der Waals surface area (Å²) < 4.78 is 7.19. The first-order valence-corrected chi connectivity index (χ1v) is 9.50. The molecule has 2 amide bonds. The van der Waals surface area contributed by atoms with Gasteiger partial charge in [0.2, 0.25) is 5.78 Å². The lowest BCUT2D eigenvalue weighted by Crippen LogP contribution is -2.44. The topological polar surface area (TPSA) is 85.7 Å². The number of nitrogens with zero attached hydrogens (tertiary/aromatic N) is 2. The van der Waals surface area contributed by atoms with Crippen LogP contribution in [0.3, 0.4) is 0 Å². The Morgan fingerprint density at radius 2 is 1.55 bits per heavy atom. The third kappa shape index (κ3) is 3.48. The molecule has 1 aromatic carbocycles. The summed E-state index contributed by atoms with van der Waals surface area (Å²) in [7, 11) is 0. The van der Waals surface area contributed by atoms with Crippen molar-refractivity contribution in [2.24, 2.45) is 0 Å². The molecule has 0 aliphatic carbocycles. The van der Waals surface area contributed by atoms with Gasteiger partial charge >= 0.3 is 5.97 Å². The van der Waals surface area contributed by atoms with Gasteiger partial charge in [-0.25, -0.2) is 4.79 Å². The van der Waals surface area contributed by atoms with Crippen molar-refractivity contribution >= 4 is 23.6 Å². The fourth-order valence-electron chi connectivity index (χ4n) is 3.85.